The van der Waals surface area contributed by atoms with E-state index in [0.29, 0.717) is 12.1 Å². The zero-order valence-corrected chi connectivity index (χ0v) is 12.7. The SMILES string of the molecule is CCNC(=O)c1ccccc1-c1ccccc1OC(C)C. The molecule has 0 spiro atoms. The first kappa shape index (κ1) is 15.1. The first-order valence-electron chi connectivity index (χ1n) is 7.26. The van der Waals surface area contributed by atoms with Gasteiger partial charge in [0.05, 0.1) is 6.10 Å². The minimum Gasteiger partial charge on any atom is -0.490 e. The van der Waals surface area contributed by atoms with E-state index in [1.54, 1.807) is 0 Å². The summed E-state index contributed by atoms with van der Waals surface area (Å²) >= 11 is 0. The molecule has 21 heavy (non-hydrogen) atoms. The van der Waals surface area contributed by atoms with Gasteiger partial charge in [-0.15, -0.1) is 0 Å². The van der Waals surface area contributed by atoms with Crippen LogP contribution in [0.3, 0.4) is 0 Å². The van der Waals surface area contributed by atoms with Crippen LogP contribution in [-0.4, -0.2) is 18.6 Å². The molecule has 0 aliphatic carbocycles. The van der Waals surface area contributed by atoms with E-state index in [1.165, 1.54) is 0 Å². The summed E-state index contributed by atoms with van der Waals surface area (Å²) in [5, 5.41) is 2.85. The van der Waals surface area contributed by atoms with Gasteiger partial charge in [-0.3, -0.25) is 4.79 Å². The fourth-order valence-electron chi connectivity index (χ4n) is 2.22. The Morgan fingerprint density at radius 2 is 1.67 bits per heavy atom. The molecule has 2 aromatic carbocycles. The average molecular weight is 283 g/mol. The van der Waals surface area contributed by atoms with E-state index in [0.717, 1.165) is 16.9 Å². The molecule has 0 bridgehead atoms. The summed E-state index contributed by atoms with van der Waals surface area (Å²) in [5.41, 5.74) is 2.49. The number of nitrogens with one attached hydrogen (secondary N) is 1. The van der Waals surface area contributed by atoms with Gasteiger partial charge in [0.1, 0.15) is 5.75 Å². The second kappa shape index (κ2) is 6.93. The Balaban J connectivity index is 2.50. The van der Waals surface area contributed by atoms with Crippen molar-refractivity contribution < 1.29 is 9.53 Å². The van der Waals surface area contributed by atoms with Gasteiger partial charge in [-0.2, -0.15) is 0 Å². The maximum absolute atomic E-state index is 12.2. The van der Waals surface area contributed by atoms with Crippen molar-refractivity contribution in [2.45, 2.75) is 26.9 Å². The molecule has 3 heteroatoms. The fourth-order valence-corrected chi connectivity index (χ4v) is 2.22. The second-order valence-corrected chi connectivity index (χ2v) is 5.07. The second-order valence-electron chi connectivity index (χ2n) is 5.07. The number of hydrogen-bond acceptors (Lipinski definition) is 2. The maximum atomic E-state index is 12.2. The quantitative estimate of drug-likeness (QED) is 0.904. The first-order chi connectivity index (χ1) is 10.1. The Morgan fingerprint density at radius 1 is 1.05 bits per heavy atom. The Bertz CT molecular complexity index is 620. The first-order valence-corrected chi connectivity index (χ1v) is 7.26. The molecule has 0 unspecified atom stereocenters. The lowest BCUT2D eigenvalue weighted by atomic mass is 9.98. The number of hydrogen-bond donors (Lipinski definition) is 1. The number of rotatable bonds is 5. The number of benzene rings is 2. The van der Waals surface area contributed by atoms with Gasteiger partial charge in [-0.1, -0.05) is 36.4 Å². The van der Waals surface area contributed by atoms with Crippen molar-refractivity contribution in [1.29, 1.82) is 0 Å². The van der Waals surface area contributed by atoms with E-state index in [9.17, 15) is 4.79 Å². The molecule has 2 rings (SSSR count). The largest absolute Gasteiger partial charge is 0.490 e. The third-order valence-electron chi connectivity index (χ3n) is 3.05. The number of ether oxygens (including phenoxy) is 1. The van der Waals surface area contributed by atoms with Gasteiger partial charge in [0.2, 0.25) is 0 Å². The van der Waals surface area contributed by atoms with Crippen LogP contribution >= 0.6 is 0 Å². The lowest BCUT2D eigenvalue weighted by molar-refractivity contribution is 0.0956. The molecule has 0 heterocycles. The molecule has 0 aromatic heterocycles. The Morgan fingerprint density at radius 3 is 2.33 bits per heavy atom. The number of para-hydroxylation sites is 1. The fraction of sp³-hybridized carbons (Fsp3) is 0.278. The maximum Gasteiger partial charge on any atom is 0.251 e. The van der Waals surface area contributed by atoms with Crippen molar-refractivity contribution in [1.82, 2.24) is 5.32 Å². The summed E-state index contributed by atoms with van der Waals surface area (Å²) in [6, 6.07) is 15.4. The van der Waals surface area contributed by atoms with Crippen LogP contribution in [0.25, 0.3) is 11.1 Å². The predicted octanol–water partition coefficient (Wildman–Crippen LogP) is 3.89. The van der Waals surface area contributed by atoms with Crippen LogP contribution in [-0.2, 0) is 0 Å². The molecule has 0 saturated heterocycles. The van der Waals surface area contributed by atoms with Gasteiger partial charge in [0.15, 0.2) is 0 Å². The summed E-state index contributed by atoms with van der Waals surface area (Å²) < 4.78 is 5.86. The van der Waals surface area contributed by atoms with E-state index in [-0.39, 0.29) is 12.0 Å². The molecule has 0 radical (unpaired) electrons. The van der Waals surface area contributed by atoms with Crippen LogP contribution in [0.15, 0.2) is 48.5 Å². The number of carbonyl (C=O) groups excluding carboxylic acids is 1. The molecule has 0 atom stereocenters. The Kier molecular flexibility index (Phi) is 4.99. The van der Waals surface area contributed by atoms with Crippen LogP contribution in [0.4, 0.5) is 0 Å². The van der Waals surface area contributed by atoms with E-state index in [2.05, 4.69) is 5.32 Å². The lowest BCUT2D eigenvalue weighted by Crippen LogP contribution is -2.23. The summed E-state index contributed by atoms with van der Waals surface area (Å²) in [4.78, 5) is 12.2. The minimum atomic E-state index is -0.0625. The number of amides is 1. The molecule has 3 nitrogen and oxygen atoms in total. The lowest BCUT2D eigenvalue weighted by Gasteiger charge is -2.16. The van der Waals surface area contributed by atoms with E-state index in [4.69, 9.17) is 4.74 Å². The van der Waals surface area contributed by atoms with Crippen molar-refractivity contribution in [2.75, 3.05) is 6.54 Å². The van der Waals surface area contributed by atoms with Crippen molar-refractivity contribution in [3.8, 4) is 16.9 Å². The van der Waals surface area contributed by atoms with Crippen molar-refractivity contribution in [2.24, 2.45) is 0 Å². The third-order valence-corrected chi connectivity index (χ3v) is 3.05. The molecule has 0 aliphatic rings. The number of carbonyl (C=O) groups is 1. The average Bonchev–Trinajstić information content (AvgIpc) is 2.47. The van der Waals surface area contributed by atoms with E-state index in [1.807, 2.05) is 69.3 Å². The van der Waals surface area contributed by atoms with Crippen LogP contribution in [0, 0.1) is 0 Å². The monoisotopic (exact) mass is 283 g/mol. The Hall–Kier alpha value is -2.29. The molecular weight excluding hydrogens is 262 g/mol. The molecule has 0 fully saturated rings. The van der Waals surface area contributed by atoms with Crippen LogP contribution in [0.5, 0.6) is 5.75 Å². The predicted molar refractivity (Wildman–Crippen MR) is 85.6 cm³/mol. The highest BCUT2D eigenvalue weighted by Gasteiger charge is 2.15. The van der Waals surface area contributed by atoms with Crippen LogP contribution < -0.4 is 10.1 Å². The topological polar surface area (TPSA) is 38.3 Å². The van der Waals surface area contributed by atoms with Crippen molar-refractivity contribution in [3.63, 3.8) is 0 Å². The standard InChI is InChI=1S/C18H21NO2/c1-4-19-18(20)16-11-6-5-9-14(16)15-10-7-8-12-17(15)21-13(2)3/h5-13H,4H2,1-3H3,(H,19,20). The van der Waals surface area contributed by atoms with E-state index < -0.39 is 0 Å². The normalized spacial score (nSPS) is 10.5. The molecular formula is C18H21NO2. The van der Waals surface area contributed by atoms with Crippen LogP contribution in [0.2, 0.25) is 0 Å². The zero-order valence-electron chi connectivity index (χ0n) is 12.7. The minimum absolute atomic E-state index is 0.0625. The van der Waals surface area contributed by atoms with Gasteiger partial charge in [0.25, 0.3) is 5.91 Å². The summed E-state index contributed by atoms with van der Waals surface area (Å²) in [6.45, 7) is 6.51. The highest BCUT2D eigenvalue weighted by atomic mass is 16.5. The third kappa shape index (κ3) is 3.63. The van der Waals surface area contributed by atoms with Crippen molar-refractivity contribution >= 4 is 5.91 Å². The van der Waals surface area contributed by atoms with Gasteiger partial charge >= 0.3 is 0 Å². The molecule has 0 saturated carbocycles. The van der Waals surface area contributed by atoms with Gasteiger partial charge in [-0.25, -0.2) is 0 Å². The Labute approximate surface area is 126 Å². The van der Waals surface area contributed by atoms with Crippen LogP contribution in [0.1, 0.15) is 31.1 Å². The molecule has 1 amide bonds. The highest BCUT2D eigenvalue weighted by Crippen LogP contribution is 2.32. The van der Waals surface area contributed by atoms with Gasteiger partial charge in [-0.05, 0) is 38.5 Å². The molecule has 2 aromatic rings. The molecule has 1 N–H and O–H groups in total. The van der Waals surface area contributed by atoms with Crippen molar-refractivity contribution in [3.05, 3.63) is 54.1 Å². The summed E-state index contributed by atoms with van der Waals surface area (Å²) in [7, 11) is 0. The summed E-state index contributed by atoms with van der Waals surface area (Å²) in [6.07, 6.45) is 0.0859. The molecule has 110 valence electrons. The molecule has 0 aliphatic heterocycles. The van der Waals surface area contributed by atoms with E-state index >= 15 is 0 Å². The zero-order chi connectivity index (χ0) is 15.2. The smallest absolute Gasteiger partial charge is 0.251 e. The van der Waals surface area contributed by atoms with Gasteiger partial charge < -0.3 is 10.1 Å². The van der Waals surface area contributed by atoms with Gasteiger partial charge in [0, 0.05) is 17.7 Å². The summed E-state index contributed by atoms with van der Waals surface area (Å²) in [5.74, 6) is 0.733. The highest BCUT2D eigenvalue weighted by molar-refractivity contribution is 6.01.